The van der Waals surface area contributed by atoms with E-state index in [9.17, 15) is 8.42 Å². The average Bonchev–Trinajstić information content (AvgIpc) is 3.04. The molecule has 1 aromatic carbocycles. The Morgan fingerprint density at radius 3 is 2.52 bits per heavy atom. The number of fused-ring (bicyclic) bond motifs is 1. The highest BCUT2D eigenvalue weighted by atomic mass is 35.5. The van der Waals surface area contributed by atoms with Gasteiger partial charge in [-0.2, -0.15) is 4.31 Å². The van der Waals surface area contributed by atoms with Crippen molar-refractivity contribution in [2.75, 3.05) is 19.6 Å². The molecule has 1 aromatic heterocycles. The Labute approximate surface area is 173 Å². The molecule has 0 unspecified atom stereocenters. The number of piperidine rings is 1. The molecule has 0 bridgehead atoms. The highest BCUT2D eigenvalue weighted by Crippen LogP contribution is 2.33. The molecule has 27 heavy (non-hydrogen) atoms. The van der Waals surface area contributed by atoms with Gasteiger partial charge in [0.1, 0.15) is 0 Å². The third kappa shape index (κ3) is 4.82. The van der Waals surface area contributed by atoms with Crippen LogP contribution in [0.2, 0.25) is 0 Å². The van der Waals surface area contributed by atoms with Crippen molar-refractivity contribution in [3.63, 3.8) is 0 Å². The second kappa shape index (κ2) is 8.74. The van der Waals surface area contributed by atoms with E-state index in [1.54, 1.807) is 27.8 Å². The van der Waals surface area contributed by atoms with Crippen molar-refractivity contribution in [3.05, 3.63) is 23.2 Å². The van der Waals surface area contributed by atoms with Crippen molar-refractivity contribution >= 4 is 44.0 Å². The van der Waals surface area contributed by atoms with E-state index in [0.717, 1.165) is 47.6 Å². The molecule has 1 fully saturated rings. The zero-order chi connectivity index (χ0) is 18.9. The van der Waals surface area contributed by atoms with Crippen molar-refractivity contribution < 1.29 is 8.42 Å². The van der Waals surface area contributed by atoms with Crippen LogP contribution < -0.4 is 5.32 Å². The highest BCUT2D eigenvalue weighted by molar-refractivity contribution is 7.89. The lowest BCUT2D eigenvalue weighted by molar-refractivity contribution is 0.262. The molecule has 3 rings (SSSR count). The smallest absolute Gasteiger partial charge is 0.243 e. The Balaban J connectivity index is 0.00000261. The molecule has 1 saturated heterocycles. The fraction of sp³-hybridized carbons (Fsp3) is 0.632. The second-order valence-electron chi connectivity index (χ2n) is 8.00. The number of nitrogens with one attached hydrogen (secondary N) is 1. The quantitative estimate of drug-likeness (QED) is 0.771. The van der Waals surface area contributed by atoms with Crippen LogP contribution in [0.25, 0.3) is 10.2 Å². The number of hydrogen-bond acceptors (Lipinski definition) is 5. The predicted octanol–water partition coefficient (Wildman–Crippen LogP) is 4.17. The fourth-order valence-electron chi connectivity index (χ4n) is 3.34. The maximum absolute atomic E-state index is 13.4. The molecule has 5 nitrogen and oxygen atoms in total. The molecule has 0 amide bonds. The summed E-state index contributed by atoms with van der Waals surface area (Å²) in [7, 11) is -3.50. The van der Waals surface area contributed by atoms with Gasteiger partial charge in [-0.1, -0.05) is 27.7 Å². The van der Waals surface area contributed by atoms with Crippen LogP contribution in [-0.2, 0) is 15.4 Å². The Morgan fingerprint density at radius 2 is 1.93 bits per heavy atom. The van der Waals surface area contributed by atoms with Gasteiger partial charge in [0.25, 0.3) is 0 Å². The standard InChI is InChI=1S/C19H29N3O2S2.ClH/c1-5-12-22(14-8-10-20-11-9-14)26(23,24)15-6-7-16-17(13-15)25-18(21-16)19(2,3)4;/h6-7,13-14,20H,5,8-12H2,1-4H3;1H. The van der Waals surface area contributed by atoms with Crippen LogP contribution in [0.1, 0.15) is 52.0 Å². The van der Waals surface area contributed by atoms with Crippen molar-refractivity contribution in [2.24, 2.45) is 0 Å². The first-order valence-corrected chi connectivity index (χ1v) is 11.6. The van der Waals surface area contributed by atoms with E-state index >= 15 is 0 Å². The largest absolute Gasteiger partial charge is 0.317 e. The Morgan fingerprint density at radius 1 is 1.26 bits per heavy atom. The Kier molecular flexibility index (Phi) is 7.30. The van der Waals surface area contributed by atoms with E-state index in [1.165, 1.54) is 0 Å². The van der Waals surface area contributed by atoms with Gasteiger partial charge in [0.05, 0.1) is 20.1 Å². The summed E-state index contributed by atoms with van der Waals surface area (Å²) in [4.78, 5) is 5.07. The summed E-state index contributed by atoms with van der Waals surface area (Å²) in [6.07, 6.45) is 2.56. The maximum Gasteiger partial charge on any atom is 0.243 e. The molecule has 0 atom stereocenters. The summed E-state index contributed by atoms with van der Waals surface area (Å²) in [6, 6.07) is 5.46. The molecule has 152 valence electrons. The normalized spacial score (nSPS) is 16.6. The Hall–Kier alpha value is -0.730. The molecule has 1 N–H and O–H groups in total. The molecule has 2 heterocycles. The van der Waals surface area contributed by atoms with Gasteiger partial charge in [-0.25, -0.2) is 13.4 Å². The Bertz CT molecular complexity index is 869. The van der Waals surface area contributed by atoms with Crippen molar-refractivity contribution in [2.45, 2.75) is 63.3 Å². The highest BCUT2D eigenvalue weighted by Gasteiger charge is 2.32. The summed E-state index contributed by atoms with van der Waals surface area (Å²) < 4.78 is 29.4. The van der Waals surface area contributed by atoms with Gasteiger partial charge in [0.15, 0.2) is 0 Å². The molecule has 2 aromatic rings. The zero-order valence-corrected chi connectivity index (χ0v) is 18.9. The minimum Gasteiger partial charge on any atom is -0.317 e. The van der Waals surface area contributed by atoms with Gasteiger partial charge in [-0.05, 0) is 50.6 Å². The molecule has 8 heteroatoms. The van der Waals surface area contributed by atoms with E-state index in [1.807, 2.05) is 13.0 Å². The minimum atomic E-state index is -3.50. The lowest BCUT2D eigenvalue weighted by Crippen LogP contribution is -2.46. The number of aromatic nitrogens is 1. The van der Waals surface area contributed by atoms with Crippen LogP contribution in [0.5, 0.6) is 0 Å². The monoisotopic (exact) mass is 431 g/mol. The first-order chi connectivity index (χ1) is 12.2. The number of thiazole rings is 1. The van der Waals surface area contributed by atoms with Crippen LogP contribution in [0.15, 0.2) is 23.1 Å². The average molecular weight is 432 g/mol. The molecular weight excluding hydrogens is 402 g/mol. The molecule has 1 aliphatic heterocycles. The summed E-state index contributed by atoms with van der Waals surface area (Å²) in [5.41, 5.74) is 0.842. The van der Waals surface area contributed by atoms with Crippen molar-refractivity contribution in [1.82, 2.24) is 14.6 Å². The van der Waals surface area contributed by atoms with E-state index in [-0.39, 0.29) is 23.9 Å². The summed E-state index contributed by atoms with van der Waals surface area (Å²) in [5, 5.41) is 4.35. The minimum absolute atomic E-state index is 0. The van der Waals surface area contributed by atoms with Gasteiger partial charge in [-0.3, -0.25) is 0 Å². The molecular formula is C19H30ClN3O2S2. The molecule has 0 spiro atoms. The van der Waals surface area contributed by atoms with Crippen LogP contribution in [0, 0.1) is 0 Å². The van der Waals surface area contributed by atoms with Gasteiger partial charge >= 0.3 is 0 Å². The number of rotatable bonds is 5. The predicted molar refractivity (Wildman–Crippen MR) is 116 cm³/mol. The molecule has 0 aliphatic carbocycles. The lowest BCUT2D eigenvalue weighted by atomic mass is 9.98. The fourth-order valence-corrected chi connectivity index (χ4v) is 6.28. The van der Waals surface area contributed by atoms with Crippen molar-refractivity contribution in [3.8, 4) is 0 Å². The summed E-state index contributed by atoms with van der Waals surface area (Å²) in [5.74, 6) is 0. The zero-order valence-electron chi connectivity index (χ0n) is 16.5. The third-order valence-electron chi connectivity index (χ3n) is 4.77. The van der Waals surface area contributed by atoms with Gasteiger partial charge < -0.3 is 5.32 Å². The van der Waals surface area contributed by atoms with Gasteiger partial charge in [0, 0.05) is 18.0 Å². The van der Waals surface area contributed by atoms with E-state index in [4.69, 9.17) is 0 Å². The number of nitrogens with zero attached hydrogens (tertiary/aromatic N) is 2. The van der Waals surface area contributed by atoms with Crippen LogP contribution in [0.3, 0.4) is 0 Å². The van der Waals surface area contributed by atoms with Crippen molar-refractivity contribution in [1.29, 1.82) is 0 Å². The summed E-state index contributed by atoms with van der Waals surface area (Å²) in [6.45, 7) is 10.7. The van der Waals surface area contributed by atoms with Crippen LogP contribution in [-0.4, -0.2) is 43.4 Å². The SMILES string of the molecule is CCCN(C1CCNCC1)S(=O)(=O)c1ccc2nc(C(C)(C)C)sc2c1.Cl. The lowest BCUT2D eigenvalue weighted by Gasteiger charge is -2.33. The molecule has 1 aliphatic rings. The van der Waals surface area contributed by atoms with E-state index in [2.05, 4.69) is 31.1 Å². The number of sulfonamides is 1. The van der Waals surface area contributed by atoms with Crippen LogP contribution in [0.4, 0.5) is 0 Å². The number of benzene rings is 1. The van der Waals surface area contributed by atoms with E-state index in [0.29, 0.717) is 11.4 Å². The number of hydrogen-bond donors (Lipinski definition) is 1. The first-order valence-electron chi connectivity index (χ1n) is 9.37. The topological polar surface area (TPSA) is 62.3 Å². The molecule has 0 radical (unpaired) electrons. The van der Waals surface area contributed by atoms with Gasteiger partial charge in [-0.15, -0.1) is 23.7 Å². The summed E-state index contributed by atoms with van der Waals surface area (Å²) >= 11 is 1.59. The number of halogens is 1. The van der Waals surface area contributed by atoms with E-state index < -0.39 is 10.0 Å². The molecule has 0 saturated carbocycles. The third-order valence-corrected chi connectivity index (χ3v) is 8.16. The van der Waals surface area contributed by atoms with Crippen LogP contribution >= 0.6 is 23.7 Å². The first kappa shape index (κ1) is 22.6. The van der Waals surface area contributed by atoms with Gasteiger partial charge in [0.2, 0.25) is 10.0 Å². The maximum atomic E-state index is 13.4. The second-order valence-corrected chi connectivity index (χ2v) is 10.9.